The number of methoxy groups -OCH3 is 1. The van der Waals surface area contributed by atoms with Crippen molar-refractivity contribution in [2.45, 2.75) is 0 Å². The summed E-state index contributed by atoms with van der Waals surface area (Å²) in [6, 6.07) is 6.08. The summed E-state index contributed by atoms with van der Waals surface area (Å²) < 4.78 is 13.3. The standard InChI is InChI=1S/C17H17BrN6O2/c1-25-13-4-11(2-3-12(13)23-6-17(7-23)8-26-9-17)21-15-16-19-10-20-24(16)5-14(18)22-15/h2-5,10H,6-9H2,1H3,(H,21,22). The Kier molecular flexibility index (Phi) is 3.54. The number of benzene rings is 1. The Bertz CT molecular complexity index is 979. The second-order valence-corrected chi connectivity index (χ2v) is 7.61. The van der Waals surface area contributed by atoms with Crippen molar-refractivity contribution in [2.24, 2.45) is 5.41 Å². The molecular formula is C17H17BrN6O2. The van der Waals surface area contributed by atoms with Crippen LogP contribution in [-0.4, -0.2) is 53.0 Å². The largest absolute Gasteiger partial charge is 0.495 e. The van der Waals surface area contributed by atoms with Crippen LogP contribution in [-0.2, 0) is 4.74 Å². The number of anilines is 3. The van der Waals surface area contributed by atoms with E-state index in [2.05, 4.69) is 47.3 Å². The summed E-state index contributed by atoms with van der Waals surface area (Å²) in [6.45, 7) is 3.77. The summed E-state index contributed by atoms with van der Waals surface area (Å²) in [5, 5.41) is 7.46. The molecule has 1 aromatic carbocycles. The number of aromatic nitrogens is 4. The Morgan fingerprint density at radius 1 is 1.31 bits per heavy atom. The number of fused-ring (bicyclic) bond motifs is 1. The summed E-state index contributed by atoms with van der Waals surface area (Å²) >= 11 is 3.40. The highest BCUT2D eigenvalue weighted by Gasteiger charge is 2.49. The van der Waals surface area contributed by atoms with Gasteiger partial charge in [0.2, 0.25) is 0 Å². The van der Waals surface area contributed by atoms with Gasteiger partial charge in [0.25, 0.3) is 0 Å². The van der Waals surface area contributed by atoms with Gasteiger partial charge in [0.1, 0.15) is 16.7 Å². The SMILES string of the molecule is COc1cc(Nc2nc(Br)cn3ncnc23)ccc1N1CC2(COC2)C1. The second kappa shape index (κ2) is 5.82. The summed E-state index contributed by atoms with van der Waals surface area (Å²) in [7, 11) is 1.69. The smallest absolute Gasteiger partial charge is 0.198 e. The topological polar surface area (TPSA) is 76.8 Å². The minimum atomic E-state index is 0.363. The number of rotatable bonds is 4. The molecule has 2 saturated heterocycles. The Morgan fingerprint density at radius 2 is 2.15 bits per heavy atom. The molecule has 2 aliphatic rings. The lowest BCUT2D eigenvalue weighted by molar-refractivity contribution is -0.127. The minimum absolute atomic E-state index is 0.363. The molecule has 0 radical (unpaired) electrons. The molecule has 8 nitrogen and oxygen atoms in total. The van der Waals surface area contributed by atoms with Crippen LogP contribution in [0.5, 0.6) is 5.75 Å². The van der Waals surface area contributed by atoms with Crippen molar-refractivity contribution in [2.75, 3.05) is 43.6 Å². The van der Waals surface area contributed by atoms with Crippen LogP contribution in [0.2, 0.25) is 0 Å². The predicted octanol–water partition coefficient (Wildman–Crippen LogP) is 2.48. The zero-order valence-electron chi connectivity index (χ0n) is 14.1. The van der Waals surface area contributed by atoms with Gasteiger partial charge in [-0.15, -0.1) is 0 Å². The van der Waals surface area contributed by atoms with Crippen LogP contribution in [0.1, 0.15) is 0 Å². The molecule has 2 aromatic heterocycles. The molecule has 0 bridgehead atoms. The van der Waals surface area contributed by atoms with E-state index >= 15 is 0 Å². The maximum Gasteiger partial charge on any atom is 0.198 e. The number of ether oxygens (including phenoxy) is 2. The maximum absolute atomic E-state index is 5.62. The summed E-state index contributed by atoms with van der Waals surface area (Å²) in [6.07, 6.45) is 3.27. The fourth-order valence-corrected chi connectivity index (χ4v) is 3.92. The molecule has 0 atom stereocenters. The van der Waals surface area contributed by atoms with E-state index in [9.17, 15) is 0 Å². The number of nitrogens with zero attached hydrogens (tertiary/aromatic N) is 5. The first-order valence-electron chi connectivity index (χ1n) is 8.29. The van der Waals surface area contributed by atoms with Crippen molar-refractivity contribution in [3.05, 3.63) is 35.3 Å². The van der Waals surface area contributed by atoms with Crippen LogP contribution in [0.15, 0.2) is 35.3 Å². The highest BCUT2D eigenvalue weighted by atomic mass is 79.9. The lowest BCUT2D eigenvalue weighted by atomic mass is 9.77. The Balaban J connectivity index is 1.42. The van der Waals surface area contributed by atoms with E-state index in [-0.39, 0.29) is 0 Å². The number of nitrogens with one attached hydrogen (secondary N) is 1. The second-order valence-electron chi connectivity index (χ2n) is 6.80. The summed E-state index contributed by atoms with van der Waals surface area (Å²) in [5.41, 5.74) is 3.00. The predicted molar refractivity (Wildman–Crippen MR) is 100 cm³/mol. The molecule has 134 valence electrons. The van der Waals surface area contributed by atoms with E-state index in [0.717, 1.165) is 43.4 Å². The average molecular weight is 417 g/mol. The zero-order chi connectivity index (χ0) is 17.7. The van der Waals surface area contributed by atoms with Gasteiger partial charge in [-0.3, -0.25) is 0 Å². The third kappa shape index (κ3) is 2.50. The highest BCUT2D eigenvalue weighted by Crippen LogP contribution is 2.43. The summed E-state index contributed by atoms with van der Waals surface area (Å²) in [4.78, 5) is 11.0. The van der Waals surface area contributed by atoms with E-state index in [4.69, 9.17) is 9.47 Å². The third-order valence-electron chi connectivity index (χ3n) is 4.88. The van der Waals surface area contributed by atoms with Crippen molar-refractivity contribution in [1.82, 2.24) is 19.6 Å². The van der Waals surface area contributed by atoms with E-state index < -0.39 is 0 Å². The molecule has 26 heavy (non-hydrogen) atoms. The van der Waals surface area contributed by atoms with Crippen LogP contribution in [0.3, 0.4) is 0 Å². The van der Waals surface area contributed by atoms with Gasteiger partial charge in [0, 0.05) is 24.8 Å². The van der Waals surface area contributed by atoms with Crippen LogP contribution in [0.25, 0.3) is 5.65 Å². The van der Waals surface area contributed by atoms with Crippen molar-refractivity contribution < 1.29 is 9.47 Å². The third-order valence-corrected chi connectivity index (χ3v) is 5.27. The van der Waals surface area contributed by atoms with E-state index in [0.29, 0.717) is 21.5 Å². The van der Waals surface area contributed by atoms with Crippen molar-refractivity contribution >= 4 is 38.8 Å². The molecule has 0 saturated carbocycles. The molecule has 1 spiro atoms. The minimum Gasteiger partial charge on any atom is -0.495 e. The first-order chi connectivity index (χ1) is 12.7. The molecule has 0 aliphatic carbocycles. The monoisotopic (exact) mass is 416 g/mol. The van der Waals surface area contributed by atoms with Crippen molar-refractivity contribution in [1.29, 1.82) is 0 Å². The van der Waals surface area contributed by atoms with Crippen molar-refractivity contribution in [3.63, 3.8) is 0 Å². The molecule has 9 heteroatoms. The van der Waals surface area contributed by atoms with Gasteiger partial charge in [-0.05, 0) is 28.1 Å². The van der Waals surface area contributed by atoms with Crippen LogP contribution >= 0.6 is 15.9 Å². The fourth-order valence-electron chi connectivity index (χ4n) is 3.54. The van der Waals surface area contributed by atoms with Crippen LogP contribution in [0, 0.1) is 5.41 Å². The molecule has 4 heterocycles. The molecule has 2 fully saturated rings. The van der Waals surface area contributed by atoms with E-state index in [1.54, 1.807) is 17.8 Å². The van der Waals surface area contributed by atoms with Gasteiger partial charge in [-0.25, -0.2) is 14.5 Å². The zero-order valence-corrected chi connectivity index (χ0v) is 15.7. The van der Waals surface area contributed by atoms with Gasteiger partial charge >= 0.3 is 0 Å². The fraction of sp³-hybridized carbons (Fsp3) is 0.353. The lowest BCUT2D eigenvalue weighted by Gasteiger charge is -2.56. The average Bonchev–Trinajstić information content (AvgIpc) is 3.01. The quantitative estimate of drug-likeness (QED) is 0.699. The van der Waals surface area contributed by atoms with Gasteiger partial charge in [-0.1, -0.05) is 0 Å². The molecule has 1 N–H and O–H groups in total. The molecular weight excluding hydrogens is 400 g/mol. The van der Waals surface area contributed by atoms with E-state index in [1.807, 2.05) is 12.1 Å². The first-order valence-corrected chi connectivity index (χ1v) is 9.09. The Hall–Kier alpha value is -2.39. The first kappa shape index (κ1) is 15.8. The number of halogens is 1. The normalized spacial score (nSPS) is 17.8. The Morgan fingerprint density at radius 3 is 2.88 bits per heavy atom. The van der Waals surface area contributed by atoms with Gasteiger partial charge in [0.15, 0.2) is 11.5 Å². The lowest BCUT2D eigenvalue weighted by Crippen LogP contribution is -2.66. The van der Waals surface area contributed by atoms with E-state index in [1.165, 1.54) is 6.33 Å². The van der Waals surface area contributed by atoms with Crippen molar-refractivity contribution in [3.8, 4) is 5.75 Å². The van der Waals surface area contributed by atoms with Crippen LogP contribution in [0.4, 0.5) is 17.2 Å². The molecule has 5 rings (SSSR count). The highest BCUT2D eigenvalue weighted by molar-refractivity contribution is 9.10. The molecule has 2 aliphatic heterocycles. The van der Waals surface area contributed by atoms with Gasteiger partial charge in [0.05, 0.1) is 37.6 Å². The summed E-state index contributed by atoms with van der Waals surface area (Å²) in [5.74, 6) is 1.46. The maximum atomic E-state index is 5.62. The molecule has 0 amide bonds. The number of hydrogen-bond acceptors (Lipinski definition) is 7. The van der Waals surface area contributed by atoms with Gasteiger partial charge < -0.3 is 19.7 Å². The molecule has 3 aromatic rings. The number of hydrogen-bond donors (Lipinski definition) is 1. The van der Waals surface area contributed by atoms with Gasteiger partial charge in [-0.2, -0.15) is 5.10 Å². The van der Waals surface area contributed by atoms with Crippen LogP contribution < -0.4 is 15.0 Å². The Labute approximate surface area is 158 Å². The molecule has 0 unspecified atom stereocenters.